The van der Waals surface area contributed by atoms with Gasteiger partial charge in [-0.2, -0.15) is 0 Å². The number of pyridine rings is 1. The van der Waals surface area contributed by atoms with Gasteiger partial charge in [-0.05, 0) is 36.2 Å². The number of nitrogens with zero attached hydrogens (tertiary/aromatic N) is 4. The van der Waals surface area contributed by atoms with Gasteiger partial charge in [0.1, 0.15) is 17.5 Å². The van der Waals surface area contributed by atoms with Crippen molar-refractivity contribution in [2.75, 3.05) is 0 Å². The molecule has 5 nitrogen and oxygen atoms in total. The lowest BCUT2D eigenvalue weighted by atomic mass is 10.0. The van der Waals surface area contributed by atoms with Crippen molar-refractivity contribution >= 4 is 0 Å². The molecule has 0 spiro atoms. The number of hydrogen-bond acceptors (Lipinski definition) is 4. The second-order valence-corrected chi connectivity index (χ2v) is 5.91. The third-order valence-electron chi connectivity index (χ3n) is 4.34. The molecular formula is C18H18FN5. The number of fused-ring (bicyclic) bond motifs is 1. The number of benzene rings is 1. The molecular weight excluding hydrogens is 305 g/mol. The monoisotopic (exact) mass is 323 g/mol. The summed E-state index contributed by atoms with van der Waals surface area (Å²) in [6.07, 6.45) is 3.89. The van der Waals surface area contributed by atoms with Gasteiger partial charge in [0.15, 0.2) is 0 Å². The highest BCUT2D eigenvalue weighted by Gasteiger charge is 2.20. The molecule has 0 fully saturated rings. The zero-order valence-electron chi connectivity index (χ0n) is 13.2. The van der Waals surface area contributed by atoms with Crippen molar-refractivity contribution < 1.29 is 4.39 Å². The highest BCUT2D eigenvalue weighted by Crippen LogP contribution is 2.22. The molecule has 4 rings (SSSR count). The van der Waals surface area contributed by atoms with Crippen molar-refractivity contribution in [2.24, 2.45) is 0 Å². The highest BCUT2D eigenvalue weighted by molar-refractivity contribution is 5.28. The molecule has 0 aliphatic carbocycles. The Bertz CT molecular complexity index is 813. The number of rotatable bonds is 5. The fourth-order valence-corrected chi connectivity index (χ4v) is 3.13. The first-order valence-corrected chi connectivity index (χ1v) is 8.12. The van der Waals surface area contributed by atoms with Crippen molar-refractivity contribution in [3.05, 3.63) is 77.4 Å². The molecule has 3 aromatic rings. The molecule has 1 aliphatic rings. The third-order valence-corrected chi connectivity index (χ3v) is 4.34. The lowest BCUT2D eigenvalue weighted by Crippen LogP contribution is -2.24. The van der Waals surface area contributed by atoms with E-state index in [9.17, 15) is 4.39 Å². The van der Waals surface area contributed by atoms with Gasteiger partial charge in [-0.1, -0.05) is 18.2 Å². The van der Waals surface area contributed by atoms with E-state index in [4.69, 9.17) is 0 Å². The Labute approximate surface area is 139 Å². The van der Waals surface area contributed by atoms with Crippen LogP contribution in [-0.4, -0.2) is 19.7 Å². The second kappa shape index (κ2) is 6.49. The first kappa shape index (κ1) is 15.0. The number of halogens is 1. The van der Waals surface area contributed by atoms with Crippen LogP contribution in [0.1, 0.15) is 35.4 Å². The topological polar surface area (TPSA) is 55.6 Å². The molecule has 1 N–H and O–H groups in total. The Hall–Kier alpha value is -2.60. The van der Waals surface area contributed by atoms with E-state index in [0.717, 1.165) is 42.3 Å². The minimum Gasteiger partial charge on any atom is -0.314 e. The summed E-state index contributed by atoms with van der Waals surface area (Å²) in [4.78, 5) is 4.45. The minimum atomic E-state index is -0.242. The van der Waals surface area contributed by atoms with Gasteiger partial charge in [0.05, 0.1) is 18.3 Å². The summed E-state index contributed by atoms with van der Waals surface area (Å²) in [5, 5.41) is 12.0. The first-order chi connectivity index (χ1) is 11.8. The predicted molar refractivity (Wildman–Crippen MR) is 87.7 cm³/mol. The van der Waals surface area contributed by atoms with Crippen LogP contribution >= 0.6 is 0 Å². The van der Waals surface area contributed by atoms with Gasteiger partial charge in [0.25, 0.3) is 0 Å². The summed E-state index contributed by atoms with van der Waals surface area (Å²) in [6.45, 7) is 1.57. The zero-order valence-corrected chi connectivity index (χ0v) is 13.2. The van der Waals surface area contributed by atoms with Crippen molar-refractivity contribution in [3.8, 4) is 0 Å². The molecule has 1 aromatic carbocycles. The van der Waals surface area contributed by atoms with Crippen LogP contribution in [0.3, 0.4) is 0 Å². The lowest BCUT2D eigenvalue weighted by molar-refractivity contribution is 0.550. The molecule has 1 atom stereocenters. The van der Waals surface area contributed by atoms with E-state index in [1.807, 2.05) is 18.2 Å². The van der Waals surface area contributed by atoms with Gasteiger partial charge in [-0.3, -0.25) is 10.3 Å². The number of hydrogen-bond donors (Lipinski definition) is 1. The standard InChI is InChI=1S/C18H18FN5/c19-14-8-6-13(7-9-14)18(15-4-1-2-10-20-15)21-12-17-23-22-16-5-3-11-24(16)17/h1-2,4,6-10,18,21H,3,5,11-12H2. The molecule has 122 valence electrons. The van der Waals surface area contributed by atoms with Gasteiger partial charge in [0.2, 0.25) is 0 Å². The second-order valence-electron chi connectivity index (χ2n) is 5.91. The molecule has 6 heteroatoms. The first-order valence-electron chi connectivity index (χ1n) is 8.12. The summed E-state index contributed by atoms with van der Waals surface area (Å²) in [7, 11) is 0. The van der Waals surface area contributed by atoms with Crippen LogP contribution < -0.4 is 5.32 Å². The smallest absolute Gasteiger partial charge is 0.147 e. The van der Waals surface area contributed by atoms with E-state index >= 15 is 0 Å². The number of aryl methyl sites for hydroxylation is 1. The predicted octanol–water partition coefficient (Wildman–Crippen LogP) is 2.64. The average molecular weight is 323 g/mol. The van der Waals surface area contributed by atoms with E-state index in [1.165, 1.54) is 12.1 Å². The van der Waals surface area contributed by atoms with Crippen molar-refractivity contribution in [3.63, 3.8) is 0 Å². The van der Waals surface area contributed by atoms with Crippen LogP contribution in [0.25, 0.3) is 0 Å². The zero-order chi connectivity index (χ0) is 16.4. The SMILES string of the molecule is Fc1ccc(C(NCc2nnc3n2CCC3)c2ccccn2)cc1. The van der Waals surface area contributed by atoms with Crippen LogP contribution in [-0.2, 0) is 19.5 Å². The Morgan fingerprint density at radius 2 is 2.00 bits per heavy atom. The van der Waals surface area contributed by atoms with E-state index in [0.29, 0.717) is 6.54 Å². The van der Waals surface area contributed by atoms with Gasteiger partial charge in [-0.25, -0.2) is 4.39 Å². The van der Waals surface area contributed by atoms with Gasteiger partial charge in [0, 0.05) is 19.2 Å². The Balaban J connectivity index is 1.59. The lowest BCUT2D eigenvalue weighted by Gasteiger charge is -2.18. The Kier molecular flexibility index (Phi) is 4.04. The minimum absolute atomic E-state index is 0.124. The quantitative estimate of drug-likeness (QED) is 0.784. The molecule has 0 saturated carbocycles. The normalized spacial score (nSPS) is 14.5. The molecule has 2 aromatic heterocycles. The maximum Gasteiger partial charge on any atom is 0.147 e. The van der Waals surface area contributed by atoms with Crippen molar-refractivity contribution in [2.45, 2.75) is 32.0 Å². The molecule has 0 bridgehead atoms. The molecule has 24 heavy (non-hydrogen) atoms. The Morgan fingerprint density at radius 3 is 2.79 bits per heavy atom. The van der Waals surface area contributed by atoms with E-state index in [1.54, 1.807) is 18.3 Å². The van der Waals surface area contributed by atoms with E-state index in [-0.39, 0.29) is 11.9 Å². The fraction of sp³-hybridized carbons (Fsp3) is 0.278. The maximum absolute atomic E-state index is 13.3. The van der Waals surface area contributed by atoms with E-state index in [2.05, 4.69) is 25.1 Å². The van der Waals surface area contributed by atoms with Gasteiger partial charge < -0.3 is 4.57 Å². The van der Waals surface area contributed by atoms with Crippen LogP contribution in [0.5, 0.6) is 0 Å². The Morgan fingerprint density at radius 1 is 1.12 bits per heavy atom. The van der Waals surface area contributed by atoms with Gasteiger partial charge >= 0.3 is 0 Å². The van der Waals surface area contributed by atoms with Crippen LogP contribution in [0, 0.1) is 5.82 Å². The largest absolute Gasteiger partial charge is 0.314 e. The molecule has 0 amide bonds. The maximum atomic E-state index is 13.3. The van der Waals surface area contributed by atoms with Crippen LogP contribution in [0.2, 0.25) is 0 Å². The summed E-state index contributed by atoms with van der Waals surface area (Å²) in [5.41, 5.74) is 1.86. The molecule has 1 aliphatic heterocycles. The van der Waals surface area contributed by atoms with Gasteiger partial charge in [-0.15, -0.1) is 10.2 Å². The van der Waals surface area contributed by atoms with Crippen LogP contribution in [0.4, 0.5) is 4.39 Å². The fourth-order valence-electron chi connectivity index (χ4n) is 3.13. The summed E-state index contributed by atoms with van der Waals surface area (Å²) < 4.78 is 15.4. The van der Waals surface area contributed by atoms with Crippen molar-refractivity contribution in [1.82, 2.24) is 25.1 Å². The molecule has 1 unspecified atom stereocenters. The summed E-state index contributed by atoms with van der Waals surface area (Å²) in [6, 6.07) is 12.2. The average Bonchev–Trinajstić information content (AvgIpc) is 3.22. The molecule has 0 radical (unpaired) electrons. The molecule has 3 heterocycles. The summed E-state index contributed by atoms with van der Waals surface area (Å²) >= 11 is 0. The number of aromatic nitrogens is 4. The highest BCUT2D eigenvalue weighted by atomic mass is 19.1. The summed E-state index contributed by atoms with van der Waals surface area (Å²) in [5.74, 6) is 1.75. The number of nitrogens with one attached hydrogen (secondary N) is 1. The molecule has 0 saturated heterocycles. The van der Waals surface area contributed by atoms with Crippen molar-refractivity contribution in [1.29, 1.82) is 0 Å². The third kappa shape index (κ3) is 2.92. The van der Waals surface area contributed by atoms with E-state index < -0.39 is 0 Å². The van der Waals surface area contributed by atoms with Crippen LogP contribution in [0.15, 0.2) is 48.7 Å².